The van der Waals surface area contributed by atoms with Gasteiger partial charge in [0.25, 0.3) is 0 Å². The van der Waals surface area contributed by atoms with E-state index >= 15 is 0 Å². The molecule has 2 aliphatic carbocycles. The molecule has 0 radical (unpaired) electrons. The summed E-state index contributed by atoms with van der Waals surface area (Å²) < 4.78 is 0. The Morgan fingerprint density at radius 2 is 1.33 bits per heavy atom. The third-order valence-electron chi connectivity index (χ3n) is 4.50. The molecule has 0 aromatic rings. The van der Waals surface area contributed by atoms with Gasteiger partial charge in [0, 0.05) is 12.1 Å². The number of allylic oxidation sites excluding steroid dienone is 1. The minimum absolute atomic E-state index is 0.260. The van der Waals surface area contributed by atoms with Crippen molar-refractivity contribution in [2.75, 3.05) is 0 Å². The van der Waals surface area contributed by atoms with E-state index in [0.29, 0.717) is 12.1 Å². The van der Waals surface area contributed by atoms with Crippen molar-refractivity contribution in [1.82, 2.24) is 4.90 Å². The maximum atomic E-state index is 12.4. The van der Waals surface area contributed by atoms with Gasteiger partial charge in [-0.05, 0) is 38.7 Å². The molecule has 0 unspecified atom stereocenters. The number of carbonyl (C=O) groups excluding carboxylic acids is 1. The highest BCUT2D eigenvalue weighted by Gasteiger charge is 2.31. The zero-order chi connectivity index (χ0) is 12.8. The highest BCUT2D eigenvalue weighted by molar-refractivity contribution is 5.88. The Hall–Kier alpha value is -0.790. The lowest BCUT2D eigenvalue weighted by atomic mass is 9.88. The molecule has 2 fully saturated rings. The van der Waals surface area contributed by atoms with Crippen molar-refractivity contribution in [3.8, 4) is 0 Å². The minimum Gasteiger partial charge on any atom is -0.333 e. The summed E-state index contributed by atoms with van der Waals surface area (Å²) in [5.41, 5.74) is 0. The third-order valence-corrected chi connectivity index (χ3v) is 4.50. The highest BCUT2D eigenvalue weighted by Crippen LogP contribution is 2.30. The Kier molecular flexibility index (Phi) is 5.27. The monoisotopic (exact) mass is 249 g/mol. The van der Waals surface area contributed by atoms with Crippen LogP contribution in [-0.4, -0.2) is 22.9 Å². The molecule has 0 heterocycles. The molecule has 102 valence electrons. The molecule has 0 bridgehead atoms. The third kappa shape index (κ3) is 3.37. The Bertz CT molecular complexity index is 267. The molecular formula is C16H27NO. The van der Waals surface area contributed by atoms with Gasteiger partial charge in [0.05, 0.1) is 0 Å². The first kappa shape index (κ1) is 13.6. The Morgan fingerprint density at radius 3 is 1.72 bits per heavy atom. The average molecular weight is 249 g/mol. The summed E-state index contributed by atoms with van der Waals surface area (Å²) in [6.45, 7) is 1.94. The van der Waals surface area contributed by atoms with Gasteiger partial charge in [-0.3, -0.25) is 4.79 Å². The summed E-state index contributed by atoms with van der Waals surface area (Å²) >= 11 is 0. The second-order valence-electron chi connectivity index (χ2n) is 5.83. The SMILES string of the molecule is C/C=C/C(=O)N(C1CCCCC1)C1CCCCC1. The molecule has 2 saturated carbocycles. The van der Waals surface area contributed by atoms with Crippen molar-refractivity contribution in [3.05, 3.63) is 12.2 Å². The van der Waals surface area contributed by atoms with E-state index in [9.17, 15) is 4.79 Å². The van der Waals surface area contributed by atoms with Crippen molar-refractivity contribution in [1.29, 1.82) is 0 Å². The molecule has 0 aromatic carbocycles. The molecule has 0 aliphatic heterocycles. The summed E-state index contributed by atoms with van der Waals surface area (Å²) in [7, 11) is 0. The molecule has 0 saturated heterocycles. The topological polar surface area (TPSA) is 20.3 Å². The molecule has 0 spiro atoms. The minimum atomic E-state index is 0.260. The van der Waals surface area contributed by atoms with Crippen LogP contribution in [0.1, 0.15) is 71.1 Å². The fraction of sp³-hybridized carbons (Fsp3) is 0.812. The molecule has 0 N–H and O–H groups in total. The van der Waals surface area contributed by atoms with Crippen LogP contribution in [-0.2, 0) is 4.79 Å². The van der Waals surface area contributed by atoms with Crippen LogP contribution in [0.3, 0.4) is 0 Å². The van der Waals surface area contributed by atoms with E-state index in [2.05, 4.69) is 4.90 Å². The zero-order valence-electron chi connectivity index (χ0n) is 11.7. The normalized spacial score (nSPS) is 23.4. The zero-order valence-corrected chi connectivity index (χ0v) is 11.7. The van der Waals surface area contributed by atoms with Gasteiger partial charge in [0.2, 0.25) is 5.91 Å². The Morgan fingerprint density at radius 1 is 0.889 bits per heavy atom. The number of nitrogens with zero attached hydrogens (tertiary/aromatic N) is 1. The Balaban J connectivity index is 2.07. The molecule has 2 aliphatic rings. The Labute approximate surface area is 111 Å². The van der Waals surface area contributed by atoms with Gasteiger partial charge >= 0.3 is 0 Å². The first-order chi connectivity index (χ1) is 8.83. The van der Waals surface area contributed by atoms with E-state index in [1.165, 1.54) is 64.2 Å². The molecule has 2 heteroatoms. The highest BCUT2D eigenvalue weighted by atomic mass is 16.2. The van der Waals surface area contributed by atoms with E-state index in [1.54, 1.807) is 6.08 Å². The van der Waals surface area contributed by atoms with Crippen LogP contribution >= 0.6 is 0 Å². The van der Waals surface area contributed by atoms with Crippen molar-refractivity contribution in [2.45, 2.75) is 83.2 Å². The molecule has 0 aromatic heterocycles. The molecule has 18 heavy (non-hydrogen) atoms. The summed E-state index contributed by atoms with van der Waals surface area (Å²) in [5, 5.41) is 0. The smallest absolute Gasteiger partial charge is 0.246 e. The maximum absolute atomic E-state index is 12.4. The second-order valence-corrected chi connectivity index (χ2v) is 5.83. The second kappa shape index (κ2) is 6.96. The van der Waals surface area contributed by atoms with Crippen molar-refractivity contribution >= 4 is 5.91 Å². The van der Waals surface area contributed by atoms with Crippen LogP contribution in [0.4, 0.5) is 0 Å². The number of hydrogen-bond acceptors (Lipinski definition) is 1. The van der Waals surface area contributed by atoms with Gasteiger partial charge in [0.1, 0.15) is 0 Å². The van der Waals surface area contributed by atoms with Gasteiger partial charge in [-0.2, -0.15) is 0 Å². The van der Waals surface area contributed by atoms with E-state index in [0.717, 1.165) is 0 Å². The standard InChI is InChI=1S/C16H27NO/c1-2-9-16(18)17(14-10-5-3-6-11-14)15-12-7-4-8-13-15/h2,9,14-15H,3-8,10-13H2,1H3/b9-2+. The quantitative estimate of drug-likeness (QED) is 0.691. The van der Waals surface area contributed by atoms with Crippen LogP contribution < -0.4 is 0 Å². The summed E-state index contributed by atoms with van der Waals surface area (Å²) in [6.07, 6.45) is 16.5. The van der Waals surface area contributed by atoms with E-state index in [1.807, 2.05) is 13.0 Å². The maximum Gasteiger partial charge on any atom is 0.246 e. The van der Waals surface area contributed by atoms with Gasteiger partial charge in [-0.25, -0.2) is 0 Å². The van der Waals surface area contributed by atoms with Gasteiger partial charge in [-0.1, -0.05) is 44.6 Å². The summed E-state index contributed by atoms with van der Waals surface area (Å²) in [4.78, 5) is 14.6. The number of amides is 1. The number of rotatable bonds is 3. The van der Waals surface area contributed by atoms with Crippen LogP contribution in [0.15, 0.2) is 12.2 Å². The lowest BCUT2D eigenvalue weighted by molar-refractivity contribution is -0.132. The summed E-state index contributed by atoms with van der Waals surface area (Å²) in [6, 6.07) is 1.04. The van der Waals surface area contributed by atoms with Crippen molar-refractivity contribution in [2.24, 2.45) is 0 Å². The fourth-order valence-electron chi connectivity index (χ4n) is 3.61. The number of hydrogen-bond donors (Lipinski definition) is 0. The van der Waals surface area contributed by atoms with Crippen molar-refractivity contribution in [3.63, 3.8) is 0 Å². The predicted octanol–water partition coefficient (Wildman–Crippen LogP) is 4.06. The molecule has 2 nitrogen and oxygen atoms in total. The largest absolute Gasteiger partial charge is 0.333 e. The lowest BCUT2D eigenvalue weighted by Crippen LogP contribution is -2.48. The first-order valence-corrected chi connectivity index (χ1v) is 7.78. The molecule has 0 atom stereocenters. The van der Waals surface area contributed by atoms with Crippen LogP contribution in [0.25, 0.3) is 0 Å². The predicted molar refractivity (Wildman–Crippen MR) is 75.4 cm³/mol. The molecular weight excluding hydrogens is 222 g/mol. The van der Waals surface area contributed by atoms with Crippen molar-refractivity contribution < 1.29 is 4.79 Å². The fourth-order valence-corrected chi connectivity index (χ4v) is 3.61. The molecule has 1 amide bonds. The van der Waals surface area contributed by atoms with E-state index in [4.69, 9.17) is 0 Å². The molecule has 2 rings (SSSR count). The first-order valence-electron chi connectivity index (χ1n) is 7.78. The average Bonchev–Trinajstić information content (AvgIpc) is 2.42. The van der Waals surface area contributed by atoms with Gasteiger partial charge < -0.3 is 4.90 Å². The lowest BCUT2D eigenvalue weighted by Gasteiger charge is -2.41. The van der Waals surface area contributed by atoms with E-state index < -0.39 is 0 Å². The van der Waals surface area contributed by atoms with E-state index in [-0.39, 0.29) is 5.91 Å². The number of carbonyl (C=O) groups is 1. The van der Waals surface area contributed by atoms with Gasteiger partial charge in [-0.15, -0.1) is 0 Å². The van der Waals surface area contributed by atoms with Crippen LogP contribution in [0.2, 0.25) is 0 Å². The summed E-state index contributed by atoms with van der Waals surface area (Å²) in [5.74, 6) is 0.260. The van der Waals surface area contributed by atoms with Gasteiger partial charge in [0.15, 0.2) is 0 Å². The van der Waals surface area contributed by atoms with Crippen LogP contribution in [0, 0.1) is 0 Å². The van der Waals surface area contributed by atoms with Crippen LogP contribution in [0.5, 0.6) is 0 Å².